The Bertz CT molecular complexity index is 713. The van der Waals surface area contributed by atoms with Gasteiger partial charge < -0.3 is 4.74 Å². The van der Waals surface area contributed by atoms with Crippen LogP contribution in [0.3, 0.4) is 0 Å². The lowest BCUT2D eigenvalue weighted by atomic mass is 10.1. The summed E-state index contributed by atoms with van der Waals surface area (Å²) in [4.78, 5) is 11.4. The second-order valence-corrected chi connectivity index (χ2v) is 4.87. The molecule has 2 aromatic rings. The van der Waals surface area contributed by atoms with Crippen LogP contribution in [-0.2, 0) is 11.0 Å². The van der Waals surface area contributed by atoms with Crippen LogP contribution in [0, 0.1) is 11.6 Å². The molecule has 0 amide bonds. The summed E-state index contributed by atoms with van der Waals surface area (Å²) in [6, 6.07) is 6.41. The quantitative estimate of drug-likeness (QED) is 0.581. The van der Waals surface area contributed by atoms with E-state index in [9.17, 15) is 26.7 Å². The molecule has 0 saturated heterocycles. The molecule has 122 valence electrons. The van der Waals surface area contributed by atoms with Gasteiger partial charge in [0.15, 0.2) is 6.10 Å². The first kappa shape index (κ1) is 17.2. The van der Waals surface area contributed by atoms with Gasteiger partial charge >= 0.3 is 6.18 Å². The molecule has 0 aliphatic rings. The van der Waals surface area contributed by atoms with E-state index in [0.717, 1.165) is 18.2 Å². The number of ether oxygens (including phenoxy) is 1. The SMILES string of the molecule is O=C(Cl)C(Oc1ccc(F)c(C(F)(F)F)c1)c1ccc(F)cc1. The van der Waals surface area contributed by atoms with Gasteiger partial charge in [-0.15, -0.1) is 0 Å². The lowest BCUT2D eigenvalue weighted by molar-refractivity contribution is -0.140. The van der Waals surface area contributed by atoms with Crippen LogP contribution in [0.2, 0.25) is 0 Å². The average molecular weight is 351 g/mol. The van der Waals surface area contributed by atoms with Crippen molar-refractivity contribution in [2.75, 3.05) is 0 Å². The Morgan fingerprint density at radius 1 is 1.04 bits per heavy atom. The molecular formula is C15H8ClF5O2. The topological polar surface area (TPSA) is 26.3 Å². The van der Waals surface area contributed by atoms with E-state index in [2.05, 4.69) is 0 Å². The Balaban J connectivity index is 2.34. The third-order valence-electron chi connectivity index (χ3n) is 2.88. The Morgan fingerprint density at radius 3 is 2.17 bits per heavy atom. The van der Waals surface area contributed by atoms with Gasteiger partial charge in [0.05, 0.1) is 5.56 Å². The molecule has 0 aliphatic heterocycles. The predicted molar refractivity (Wildman–Crippen MR) is 72.0 cm³/mol. The van der Waals surface area contributed by atoms with E-state index < -0.39 is 40.5 Å². The Labute approximate surface area is 132 Å². The molecule has 2 aromatic carbocycles. The minimum Gasteiger partial charge on any atom is -0.476 e. The minimum atomic E-state index is -4.92. The highest BCUT2D eigenvalue weighted by Crippen LogP contribution is 2.35. The largest absolute Gasteiger partial charge is 0.476 e. The molecule has 0 radical (unpaired) electrons. The van der Waals surface area contributed by atoms with Crippen LogP contribution in [-0.4, -0.2) is 5.24 Å². The highest BCUT2D eigenvalue weighted by molar-refractivity contribution is 6.64. The van der Waals surface area contributed by atoms with Crippen molar-refractivity contribution in [2.45, 2.75) is 12.3 Å². The van der Waals surface area contributed by atoms with Gasteiger partial charge in [0, 0.05) is 5.56 Å². The molecule has 0 aromatic heterocycles. The van der Waals surface area contributed by atoms with Crippen molar-refractivity contribution >= 4 is 16.8 Å². The summed E-state index contributed by atoms with van der Waals surface area (Å²) in [6.45, 7) is 0. The normalized spacial score (nSPS) is 12.8. The predicted octanol–water partition coefficient (Wildman–Crippen LogP) is 4.87. The van der Waals surface area contributed by atoms with Gasteiger partial charge in [0.25, 0.3) is 5.24 Å². The van der Waals surface area contributed by atoms with Gasteiger partial charge in [-0.2, -0.15) is 13.2 Å². The standard InChI is InChI=1S/C15H8ClF5O2/c16-14(22)13(8-1-3-9(17)4-2-8)23-10-5-6-12(18)11(7-10)15(19,20)21/h1-7,13H. The molecule has 0 bridgehead atoms. The highest BCUT2D eigenvalue weighted by atomic mass is 35.5. The lowest BCUT2D eigenvalue weighted by Gasteiger charge is -2.17. The maximum absolute atomic E-state index is 13.2. The molecule has 0 saturated carbocycles. The van der Waals surface area contributed by atoms with Gasteiger partial charge in [-0.3, -0.25) is 4.79 Å². The summed E-state index contributed by atoms with van der Waals surface area (Å²) in [5.74, 6) is -2.45. The second-order valence-electron chi connectivity index (χ2n) is 4.49. The Kier molecular flexibility index (Phi) is 4.89. The summed E-state index contributed by atoms with van der Waals surface area (Å²) in [5, 5.41) is -1.02. The smallest absolute Gasteiger partial charge is 0.419 e. The van der Waals surface area contributed by atoms with Crippen LogP contribution < -0.4 is 4.74 Å². The number of carbonyl (C=O) groups is 1. The number of carbonyl (C=O) groups excluding carboxylic acids is 1. The van der Waals surface area contributed by atoms with E-state index in [1.54, 1.807) is 0 Å². The molecule has 0 spiro atoms. The third-order valence-corrected chi connectivity index (χ3v) is 3.07. The molecule has 23 heavy (non-hydrogen) atoms. The minimum absolute atomic E-state index is 0.143. The van der Waals surface area contributed by atoms with Gasteiger partial charge in [-0.25, -0.2) is 8.78 Å². The van der Waals surface area contributed by atoms with Gasteiger partial charge in [-0.1, -0.05) is 12.1 Å². The van der Waals surface area contributed by atoms with Crippen LogP contribution in [0.15, 0.2) is 42.5 Å². The number of rotatable bonds is 4. The molecule has 0 heterocycles. The summed E-state index contributed by atoms with van der Waals surface area (Å²) < 4.78 is 69.2. The fourth-order valence-corrected chi connectivity index (χ4v) is 1.98. The van der Waals surface area contributed by atoms with Crippen molar-refractivity contribution in [1.82, 2.24) is 0 Å². The molecule has 0 aliphatic carbocycles. The molecule has 2 rings (SSSR count). The fraction of sp³-hybridized carbons (Fsp3) is 0.133. The molecule has 1 unspecified atom stereocenters. The average Bonchev–Trinajstić information content (AvgIpc) is 2.46. The van der Waals surface area contributed by atoms with Gasteiger partial charge in [-0.05, 0) is 41.9 Å². The zero-order valence-corrected chi connectivity index (χ0v) is 12.0. The van der Waals surface area contributed by atoms with Crippen molar-refractivity contribution in [2.24, 2.45) is 0 Å². The van der Waals surface area contributed by atoms with Crippen LogP contribution in [0.5, 0.6) is 5.75 Å². The van der Waals surface area contributed by atoms with Crippen molar-refractivity contribution in [3.05, 3.63) is 65.2 Å². The third kappa shape index (κ3) is 4.19. The second kappa shape index (κ2) is 6.54. The van der Waals surface area contributed by atoms with E-state index in [4.69, 9.17) is 16.3 Å². The number of halogens is 6. The van der Waals surface area contributed by atoms with Gasteiger partial charge in [0.2, 0.25) is 0 Å². The fourth-order valence-electron chi connectivity index (χ4n) is 1.81. The van der Waals surface area contributed by atoms with Crippen LogP contribution in [0.4, 0.5) is 22.0 Å². The summed E-state index contributed by atoms with van der Waals surface area (Å²) in [6.07, 6.45) is -6.37. The van der Waals surface area contributed by atoms with Crippen LogP contribution in [0.1, 0.15) is 17.2 Å². The monoisotopic (exact) mass is 350 g/mol. The first-order valence-electron chi connectivity index (χ1n) is 6.16. The van der Waals surface area contributed by atoms with E-state index in [1.165, 1.54) is 12.1 Å². The molecule has 0 fully saturated rings. The van der Waals surface area contributed by atoms with E-state index in [-0.39, 0.29) is 5.56 Å². The summed E-state index contributed by atoms with van der Waals surface area (Å²) in [5.41, 5.74) is -1.39. The molecule has 1 atom stereocenters. The van der Waals surface area contributed by atoms with E-state index in [0.29, 0.717) is 12.1 Å². The van der Waals surface area contributed by atoms with Crippen LogP contribution >= 0.6 is 11.6 Å². The zero-order valence-electron chi connectivity index (χ0n) is 11.2. The van der Waals surface area contributed by atoms with E-state index in [1.807, 2.05) is 0 Å². The van der Waals surface area contributed by atoms with Crippen molar-refractivity contribution in [3.63, 3.8) is 0 Å². The summed E-state index contributed by atoms with van der Waals surface area (Å²) in [7, 11) is 0. The van der Waals surface area contributed by atoms with Crippen molar-refractivity contribution in [3.8, 4) is 5.75 Å². The first-order chi connectivity index (χ1) is 10.7. The zero-order chi connectivity index (χ0) is 17.2. The number of benzene rings is 2. The molecule has 2 nitrogen and oxygen atoms in total. The number of hydrogen-bond acceptors (Lipinski definition) is 2. The molecular weight excluding hydrogens is 343 g/mol. The van der Waals surface area contributed by atoms with Crippen LogP contribution in [0.25, 0.3) is 0 Å². The maximum atomic E-state index is 13.2. The summed E-state index contributed by atoms with van der Waals surface area (Å²) >= 11 is 5.38. The van der Waals surface area contributed by atoms with Crippen molar-refractivity contribution in [1.29, 1.82) is 0 Å². The lowest BCUT2D eigenvalue weighted by Crippen LogP contribution is -2.15. The number of alkyl halides is 3. The van der Waals surface area contributed by atoms with Crippen molar-refractivity contribution < 1.29 is 31.5 Å². The highest BCUT2D eigenvalue weighted by Gasteiger charge is 2.35. The maximum Gasteiger partial charge on any atom is 0.419 e. The number of hydrogen-bond donors (Lipinski definition) is 0. The molecule has 8 heteroatoms. The van der Waals surface area contributed by atoms with E-state index >= 15 is 0 Å². The Hall–Kier alpha value is -2.15. The molecule has 0 N–H and O–H groups in total. The first-order valence-corrected chi connectivity index (χ1v) is 6.54. The van der Waals surface area contributed by atoms with Gasteiger partial charge in [0.1, 0.15) is 17.4 Å². The Morgan fingerprint density at radius 2 is 1.65 bits per heavy atom.